The van der Waals surface area contributed by atoms with E-state index in [4.69, 9.17) is 0 Å². The van der Waals surface area contributed by atoms with Crippen LogP contribution in [0.5, 0.6) is 0 Å². The molecular weight excluding hydrogens is 312 g/mol. The van der Waals surface area contributed by atoms with Crippen LogP contribution in [0.4, 0.5) is 5.69 Å². The molecule has 2 aromatic rings. The summed E-state index contributed by atoms with van der Waals surface area (Å²) in [7, 11) is -1.89. The van der Waals surface area contributed by atoms with Gasteiger partial charge >= 0.3 is 0 Å². The molecule has 0 heterocycles. The van der Waals surface area contributed by atoms with E-state index in [-0.39, 0.29) is 18.1 Å². The van der Waals surface area contributed by atoms with Crippen LogP contribution in [0, 0.1) is 6.92 Å². The Hall–Kier alpha value is -2.34. The van der Waals surface area contributed by atoms with Crippen LogP contribution in [-0.2, 0) is 27.0 Å². The molecule has 2 N–H and O–H groups in total. The lowest BCUT2D eigenvalue weighted by atomic mass is 10.1. The summed E-state index contributed by atoms with van der Waals surface area (Å²) in [6.45, 7) is 1.96. The smallest absolute Gasteiger partial charge is 0.236 e. The maximum absolute atomic E-state index is 12.2. The van der Waals surface area contributed by atoms with Crippen LogP contribution in [0.15, 0.2) is 48.5 Å². The number of benzene rings is 2. The number of likely N-dealkylation sites (N-methyl/N-ethyl adjacent to an activating group) is 1. The first-order valence-corrected chi connectivity index (χ1v) is 8.89. The molecule has 0 unspecified atom stereocenters. The van der Waals surface area contributed by atoms with Gasteiger partial charge in [0.05, 0.1) is 12.2 Å². The molecule has 2 rings (SSSR count). The van der Waals surface area contributed by atoms with E-state index in [1.807, 2.05) is 19.1 Å². The largest absolute Gasteiger partial charge is 0.359 e. The van der Waals surface area contributed by atoms with Crippen molar-refractivity contribution in [1.82, 2.24) is 5.32 Å². The van der Waals surface area contributed by atoms with Gasteiger partial charge in [0.2, 0.25) is 15.9 Å². The summed E-state index contributed by atoms with van der Waals surface area (Å²) >= 11 is 0. The standard InChI is InChI=1S/C17H20N2O3S/c1-13-3-5-15(6-4-13)12-23(21,22)19-16-9-7-14(8-10-16)11-17(20)18-2/h3-10,19H,11-12H2,1-2H3,(H,18,20). The molecule has 0 aliphatic rings. The molecule has 0 aliphatic heterocycles. The summed E-state index contributed by atoms with van der Waals surface area (Å²) in [6.07, 6.45) is 0.271. The zero-order valence-electron chi connectivity index (χ0n) is 13.2. The SMILES string of the molecule is CNC(=O)Cc1ccc(NS(=O)(=O)Cc2ccc(C)cc2)cc1. The van der Waals surface area contributed by atoms with Crippen LogP contribution in [0.25, 0.3) is 0 Å². The van der Waals surface area contributed by atoms with Crippen molar-refractivity contribution in [1.29, 1.82) is 0 Å². The Morgan fingerprint density at radius 2 is 1.52 bits per heavy atom. The number of nitrogens with one attached hydrogen (secondary N) is 2. The summed E-state index contributed by atoms with van der Waals surface area (Å²) in [6, 6.07) is 14.2. The molecule has 0 spiro atoms. The van der Waals surface area contributed by atoms with Gasteiger partial charge in [0, 0.05) is 12.7 Å². The van der Waals surface area contributed by atoms with Gasteiger partial charge in [-0.2, -0.15) is 0 Å². The van der Waals surface area contributed by atoms with Crippen molar-refractivity contribution >= 4 is 21.6 Å². The van der Waals surface area contributed by atoms with Crippen molar-refractivity contribution in [2.75, 3.05) is 11.8 Å². The number of carbonyl (C=O) groups is 1. The van der Waals surface area contributed by atoms with Crippen molar-refractivity contribution in [3.63, 3.8) is 0 Å². The first kappa shape index (κ1) is 17.0. The van der Waals surface area contributed by atoms with Gasteiger partial charge in [-0.1, -0.05) is 42.0 Å². The molecule has 5 nitrogen and oxygen atoms in total. The van der Waals surface area contributed by atoms with Gasteiger partial charge < -0.3 is 5.32 Å². The molecule has 2 aromatic carbocycles. The van der Waals surface area contributed by atoms with Gasteiger partial charge in [-0.05, 0) is 30.2 Å². The molecule has 6 heteroatoms. The quantitative estimate of drug-likeness (QED) is 0.852. The fourth-order valence-electron chi connectivity index (χ4n) is 2.08. The highest BCUT2D eigenvalue weighted by atomic mass is 32.2. The molecule has 0 saturated carbocycles. The van der Waals surface area contributed by atoms with Gasteiger partial charge in [-0.25, -0.2) is 8.42 Å². The number of amides is 1. The van der Waals surface area contributed by atoms with Crippen LogP contribution in [-0.4, -0.2) is 21.4 Å². The van der Waals surface area contributed by atoms with Crippen molar-refractivity contribution in [3.8, 4) is 0 Å². The molecule has 0 atom stereocenters. The third-order valence-electron chi connectivity index (χ3n) is 3.35. The summed E-state index contributed by atoms with van der Waals surface area (Å²) < 4.78 is 26.9. The molecular formula is C17H20N2O3S. The molecule has 0 aliphatic carbocycles. The number of sulfonamides is 1. The average Bonchev–Trinajstić information content (AvgIpc) is 2.51. The van der Waals surface area contributed by atoms with E-state index in [0.29, 0.717) is 5.69 Å². The second-order valence-electron chi connectivity index (χ2n) is 5.39. The summed E-state index contributed by atoms with van der Waals surface area (Å²) in [5, 5.41) is 2.55. The summed E-state index contributed by atoms with van der Waals surface area (Å²) in [5.41, 5.74) is 3.13. The number of hydrogen-bond donors (Lipinski definition) is 2. The highest BCUT2D eigenvalue weighted by Crippen LogP contribution is 2.15. The molecule has 0 saturated heterocycles. The monoisotopic (exact) mass is 332 g/mol. The highest BCUT2D eigenvalue weighted by molar-refractivity contribution is 7.91. The fraction of sp³-hybridized carbons (Fsp3) is 0.235. The topological polar surface area (TPSA) is 75.3 Å². The number of carbonyl (C=O) groups excluding carboxylic acids is 1. The summed E-state index contributed by atoms with van der Waals surface area (Å²) in [5.74, 6) is -0.162. The number of anilines is 1. The second-order valence-corrected chi connectivity index (χ2v) is 7.12. The van der Waals surface area contributed by atoms with Crippen molar-refractivity contribution < 1.29 is 13.2 Å². The van der Waals surface area contributed by atoms with Gasteiger partial charge in [-0.15, -0.1) is 0 Å². The number of hydrogen-bond acceptors (Lipinski definition) is 3. The lowest BCUT2D eigenvalue weighted by Gasteiger charge is -2.09. The van der Waals surface area contributed by atoms with E-state index in [2.05, 4.69) is 10.0 Å². The third kappa shape index (κ3) is 5.41. The zero-order valence-corrected chi connectivity index (χ0v) is 14.0. The Kier molecular flexibility index (Phi) is 5.39. The molecule has 0 bridgehead atoms. The fourth-order valence-corrected chi connectivity index (χ4v) is 3.28. The van der Waals surface area contributed by atoms with Crippen molar-refractivity contribution in [2.45, 2.75) is 19.1 Å². The molecule has 23 heavy (non-hydrogen) atoms. The van der Waals surface area contributed by atoms with Gasteiger partial charge in [0.1, 0.15) is 0 Å². The van der Waals surface area contributed by atoms with E-state index in [9.17, 15) is 13.2 Å². The Morgan fingerprint density at radius 3 is 2.09 bits per heavy atom. The first-order valence-electron chi connectivity index (χ1n) is 7.23. The van der Waals surface area contributed by atoms with E-state index in [1.165, 1.54) is 0 Å². The summed E-state index contributed by atoms with van der Waals surface area (Å²) in [4.78, 5) is 11.3. The molecule has 0 radical (unpaired) electrons. The van der Waals surface area contributed by atoms with Crippen molar-refractivity contribution in [3.05, 3.63) is 65.2 Å². The van der Waals surface area contributed by atoms with Crippen LogP contribution in [0.2, 0.25) is 0 Å². The molecule has 1 amide bonds. The van der Waals surface area contributed by atoms with E-state index in [1.54, 1.807) is 43.4 Å². The normalized spacial score (nSPS) is 11.0. The van der Waals surface area contributed by atoms with Crippen LogP contribution < -0.4 is 10.0 Å². The van der Waals surface area contributed by atoms with Gasteiger partial charge in [0.25, 0.3) is 0 Å². The maximum atomic E-state index is 12.2. The minimum atomic E-state index is -3.47. The molecule has 0 aromatic heterocycles. The third-order valence-corrected chi connectivity index (χ3v) is 4.61. The van der Waals surface area contributed by atoms with Crippen LogP contribution in [0.1, 0.15) is 16.7 Å². The second kappa shape index (κ2) is 7.28. The maximum Gasteiger partial charge on any atom is 0.236 e. The lowest BCUT2D eigenvalue weighted by Crippen LogP contribution is -2.20. The van der Waals surface area contributed by atoms with Gasteiger partial charge in [-0.3, -0.25) is 9.52 Å². The van der Waals surface area contributed by atoms with E-state index >= 15 is 0 Å². The van der Waals surface area contributed by atoms with Crippen LogP contribution in [0.3, 0.4) is 0 Å². The van der Waals surface area contributed by atoms with Crippen LogP contribution >= 0.6 is 0 Å². The Morgan fingerprint density at radius 1 is 0.957 bits per heavy atom. The van der Waals surface area contributed by atoms with Crippen molar-refractivity contribution in [2.24, 2.45) is 0 Å². The predicted octanol–water partition coefficient (Wildman–Crippen LogP) is 2.23. The minimum absolute atomic E-state index is 0.0761. The predicted molar refractivity (Wildman–Crippen MR) is 91.6 cm³/mol. The number of rotatable bonds is 6. The number of aryl methyl sites for hydroxylation is 1. The zero-order chi connectivity index (χ0) is 16.9. The Balaban J connectivity index is 2.02. The van der Waals surface area contributed by atoms with E-state index < -0.39 is 10.0 Å². The highest BCUT2D eigenvalue weighted by Gasteiger charge is 2.12. The average molecular weight is 332 g/mol. The minimum Gasteiger partial charge on any atom is -0.359 e. The Bertz CT molecular complexity index is 766. The Labute approximate surface area is 136 Å². The van der Waals surface area contributed by atoms with Gasteiger partial charge in [0.15, 0.2) is 0 Å². The molecule has 0 fully saturated rings. The lowest BCUT2D eigenvalue weighted by molar-refractivity contribution is -0.119. The first-order chi connectivity index (χ1) is 10.9. The van der Waals surface area contributed by atoms with E-state index in [0.717, 1.165) is 16.7 Å². The molecule has 122 valence electrons.